The van der Waals surface area contributed by atoms with E-state index in [9.17, 15) is 0 Å². The Labute approximate surface area is 146 Å². The van der Waals surface area contributed by atoms with Gasteiger partial charge in [0, 0.05) is 0 Å². The average molecular weight is 314 g/mol. The molecule has 0 heteroatoms. The molecule has 0 spiro atoms. The zero-order chi connectivity index (χ0) is 17.1. The lowest BCUT2D eigenvalue weighted by Gasteiger charge is -2.22. The van der Waals surface area contributed by atoms with Gasteiger partial charge in [-0.1, -0.05) is 100 Å². The van der Waals surface area contributed by atoms with E-state index in [0.29, 0.717) is 11.8 Å². The Kier molecular flexibility index (Phi) is 4.85. The second-order valence-corrected chi connectivity index (χ2v) is 7.07. The quantitative estimate of drug-likeness (QED) is 0.475. The van der Waals surface area contributed by atoms with E-state index >= 15 is 0 Å². The third-order valence-corrected chi connectivity index (χ3v) is 4.62. The summed E-state index contributed by atoms with van der Waals surface area (Å²) in [7, 11) is 0. The fourth-order valence-electron chi connectivity index (χ4n) is 3.34. The SMILES string of the molecule is CC(C)c1cc(-c2ccccc2)c(C(C)C)c(-c2ccccc2)c1. The monoisotopic (exact) mass is 314 g/mol. The van der Waals surface area contributed by atoms with E-state index in [4.69, 9.17) is 0 Å². The fraction of sp³-hybridized carbons (Fsp3) is 0.250. The fourth-order valence-corrected chi connectivity index (χ4v) is 3.34. The summed E-state index contributed by atoms with van der Waals surface area (Å²) in [5.41, 5.74) is 8.20. The van der Waals surface area contributed by atoms with Crippen molar-refractivity contribution in [2.24, 2.45) is 0 Å². The van der Waals surface area contributed by atoms with Crippen molar-refractivity contribution in [3.05, 3.63) is 83.9 Å². The Morgan fingerprint density at radius 3 is 1.29 bits per heavy atom. The van der Waals surface area contributed by atoms with Crippen molar-refractivity contribution in [1.29, 1.82) is 0 Å². The van der Waals surface area contributed by atoms with Crippen molar-refractivity contribution < 1.29 is 0 Å². The van der Waals surface area contributed by atoms with Gasteiger partial charge in [0.2, 0.25) is 0 Å². The minimum Gasteiger partial charge on any atom is -0.0622 e. The number of rotatable bonds is 4. The third-order valence-electron chi connectivity index (χ3n) is 4.62. The summed E-state index contributed by atoms with van der Waals surface area (Å²) in [4.78, 5) is 0. The topological polar surface area (TPSA) is 0 Å². The van der Waals surface area contributed by atoms with Crippen LogP contribution in [-0.4, -0.2) is 0 Å². The third kappa shape index (κ3) is 3.28. The molecular weight excluding hydrogens is 288 g/mol. The molecule has 3 aromatic rings. The summed E-state index contributed by atoms with van der Waals surface area (Å²) in [6.45, 7) is 9.13. The van der Waals surface area contributed by atoms with E-state index in [-0.39, 0.29) is 0 Å². The highest BCUT2D eigenvalue weighted by atomic mass is 14.2. The highest BCUT2D eigenvalue weighted by Gasteiger charge is 2.17. The van der Waals surface area contributed by atoms with Crippen LogP contribution in [0.5, 0.6) is 0 Å². The number of hydrogen-bond acceptors (Lipinski definition) is 0. The average Bonchev–Trinajstić information content (AvgIpc) is 2.62. The van der Waals surface area contributed by atoms with E-state index in [0.717, 1.165) is 0 Å². The molecular formula is C24H26. The van der Waals surface area contributed by atoms with Crippen LogP contribution in [0.15, 0.2) is 72.8 Å². The molecule has 0 aliphatic rings. The normalized spacial score (nSPS) is 11.2. The van der Waals surface area contributed by atoms with E-state index in [1.807, 2.05) is 0 Å². The molecule has 0 heterocycles. The van der Waals surface area contributed by atoms with Gasteiger partial charge in [-0.25, -0.2) is 0 Å². The van der Waals surface area contributed by atoms with Crippen molar-refractivity contribution in [1.82, 2.24) is 0 Å². The second-order valence-electron chi connectivity index (χ2n) is 7.07. The van der Waals surface area contributed by atoms with Crippen LogP contribution in [0.3, 0.4) is 0 Å². The first-order valence-corrected chi connectivity index (χ1v) is 8.86. The van der Waals surface area contributed by atoms with Gasteiger partial charge in [-0.3, -0.25) is 0 Å². The molecule has 0 aliphatic carbocycles. The van der Waals surface area contributed by atoms with E-state index in [1.165, 1.54) is 33.4 Å². The van der Waals surface area contributed by atoms with Gasteiger partial charge < -0.3 is 0 Å². The molecule has 0 aromatic heterocycles. The standard InChI is InChI=1S/C24H26/c1-17(2)21-15-22(19-11-7-5-8-12-19)24(18(3)4)23(16-21)20-13-9-6-10-14-20/h5-18H,1-4H3. The maximum Gasteiger partial charge on any atom is -0.0140 e. The summed E-state index contributed by atoms with van der Waals surface area (Å²) in [5, 5.41) is 0. The molecule has 122 valence electrons. The van der Waals surface area contributed by atoms with Gasteiger partial charge in [0.05, 0.1) is 0 Å². The maximum atomic E-state index is 2.39. The van der Waals surface area contributed by atoms with E-state index in [2.05, 4.69) is 100 Å². The summed E-state index contributed by atoms with van der Waals surface area (Å²) >= 11 is 0. The van der Waals surface area contributed by atoms with E-state index < -0.39 is 0 Å². The minimum absolute atomic E-state index is 0.469. The van der Waals surface area contributed by atoms with Crippen molar-refractivity contribution in [3.63, 3.8) is 0 Å². The molecule has 0 aliphatic heterocycles. The van der Waals surface area contributed by atoms with Crippen LogP contribution in [-0.2, 0) is 0 Å². The lowest BCUT2D eigenvalue weighted by atomic mass is 9.82. The molecule has 3 aromatic carbocycles. The first kappa shape index (κ1) is 16.5. The van der Waals surface area contributed by atoms with Gasteiger partial charge in [-0.05, 0) is 45.2 Å². The maximum absolute atomic E-state index is 2.39. The van der Waals surface area contributed by atoms with E-state index in [1.54, 1.807) is 0 Å². The smallest absolute Gasteiger partial charge is 0.0140 e. The summed E-state index contributed by atoms with van der Waals surface area (Å²) in [6, 6.07) is 26.4. The van der Waals surface area contributed by atoms with Gasteiger partial charge in [0.1, 0.15) is 0 Å². The molecule has 0 N–H and O–H groups in total. The van der Waals surface area contributed by atoms with Crippen LogP contribution in [0.25, 0.3) is 22.3 Å². The Morgan fingerprint density at radius 1 is 0.542 bits per heavy atom. The molecule has 0 saturated heterocycles. The van der Waals surface area contributed by atoms with Crippen molar-refractivity contribution in [3.8, 4) is 22.3 Å². The Bertz CT molecular complexity index is 735. The second kappa shape index (κ2) is 7.05. The highest BCUT2D eigenvalue weighted by molar-refractivity contribution is 5.80. The zero-order valence-corrected chi connectivity index (χ0v) is 15.1. The summed E-state index contributed by atoms with van der Waals surface area (Å²) < 4.78 is 0. The van der Waals surface area contributed by atoms with Crippen LogP contribution in [0.2, 0.25) is 0 Å². The van der Waals surface area contributed by atoms with Crippen LogP contribution in [0, 0.1) is 0 Å². The van der Waals surface area contributed by atoms with Gasteiger partial charge in [-0.15, -0.1) is 0 Å². The largest absolute Gasteiger partial charge is 0.0622 e. The molecule has 0 fully saturated rings. The predicted molar refractivity (Wildman–Crippen MR) is 105 cm³/mol. The predicted octanol–water partition coefficient (Wildman–Crippen LogP) is 7.27. The molecule has 3 rings (SSSR count). The van der Waals surface area contributed by atoms with Crippen LogP contribution >= 0.6 is 0 Å². The first-order valence-electron chi connectivity index (χ1n) is 8.86. The molecule has 0 unspecified atom stereocenters. The minimum atomic E-state index is 0.469. The first-order chi connectivity index (χ1) is 11.6. The van der Waals surface area contributed by atoms with Crippen molar-refractivity contribution in [2.75, 3.05) is 0 Å². The summed E-state index contributed by atoms with van der Waals surface area (Å²) in [6.07, 6.45) is 0. The van der Waals surface area contributed by atoms with Crippen LogP contribution < -0.4 is 0 Å². The van der Waals surface area contributed by atoms with Crippen molar-refractivity contribution >= 4 is 0 Å². The van der Waals surface area contributed by atoms with Crippen LogP contribution in [0.1, 0.15) is 50.7 Å². The molecule has 0 amide bonds. The Hall–Kier alpha value is -2.34. The lowest BCUT2D eigenvalue weighted by Crippen LogP contribution is -2.00. The molecule has 0 saturated carbocycles. The Morgan fingerprint density at radius 2 is 0.958 bits per heavy atom. The van der Waals surface area contributed by atoms with Crippen LogP contribution in [0.4, 0.5) is 0 Å². The molecule has 24 heavy (non-hydrogen) atoms. The number of benzene rings is 3. The number of hydrogen-bond donors (Lipinski definition) is 0. The summed E-state index contributed by atoms with van der Waals surface area (Å²) in [5.74, 6) is 0.979. The van der Waals surface area contributed by atoms with Gasteiger partial charge in [0.25, 0.3) is 0 Å². The Balaban J connectivity index is 2.34. The highest BCUT2D eigenvalue weighted by Crippen LogP contribution is 2.39. The lowest BCUT2D eigenvalue weighted by molar-refractivity contribution is 0.849. The molecule has 0 atom stereocenters. The molecule has 0 nitrogen and oxygen atoms in total. The van der Waals surface area contributed by atoms with Crippen molar-refractivity contribution in [2.45, 2.75) is 39.5 Å². The van der Waals surface area contributed by atoms with Gasteiger partial charge in [-0.2, -0.15) is 0 Å². The molecule has 0 bridgehead atoms. The van der Waals surface area contributed by atoms with Gasteiger partial charge >= 0.3 is 0 Å². The zero-order valence-electron chi connectivity index (χ0n) is 15.1. The van der Waals surface area contributed by atoms with Gasteiger partial charge in [0.15, 0.2) is 0 Å². The molecule has 0 radical (unpaired) electrons.